The van der Waals surface area contributed by atoms with Crippen LogP contribution in [0.5, 0.6) is 11.5 Å². The molecular weight excluding hydrogens is 440 g/mol. The Kier molecular flexibility index (Phi) is 8.47. The van der Waals surface area contributed by atoms with Gasteiger partial charge in [0.15, 0.2) is 5.11 Å². The molecule has 148 valence electrons. The Hall–Kier alpha value is -2.38. The van der Waals surface area contributed by atoms with Crippen molar-refractivity contribution in [2.45, 2.75) is 13.8 Å². The lowest BCUT2D eigenvalue weighted by Gasteiger charge is -2.13. The SMILES string of the molecule is C=CCOc1cccc(NC(=S)NC(=O)c2ccc(OCC(C)C)c(Br)c2)c1. The number of halogens is 1. The molecule has 7 heteroatoms. The van der Waals surface area contributed by atoms with Crippen LogP contribution in [0.4, 0.5) is 5.69 Å². The predicted octanol–water partition coefficient (Wildman–Crippen LogP) is 5.18. The lowest BCUT2D eigenvalue weighted by Crippen LogP contribution is -2.34. The number of benzene rings is 2. The number of carbonyl (C=O) groups is 1. The Balaban J connectivity index is 1.96. The van der Waals surface area contributed by atoms with Crippen molar-refractivity contribution in [2.24, 2.45) is 5.92 Å². The molecule has 0 saturated heterocycles. The fraction of sp³-hybridized carbons (Fsp3) is 0.238. The zero-order chi connectivity index (χ0) is 20.5. The Morgan fingerprint density at radius 1 is 1.25 bits per heavy atom. The number of rotatable bonds is 8. The maximum Gasteiger partial charge on any atom is 0.257 e. The molecule has 5 nitrogen and oxygen atoms in total. The van der Waals surface area contributed by atoms with E-state index in [0.717, 1.165) is 0 Å². The van der Waals surface area contributed by atoms with Crippen molar-refractivity contribution in [3.05, 3.63) is 65.2 Å². The predicted molar refractivity (Wildman–Crippen MR) is 120 cm³/mol. The summed E-state index contributed by atoms with van der Waals surface area (Å²) < 4.78 is 11.9. The third kappa shape index (κ3) is 6.98. The van der Waals surface area contributed by atoms with Gasteiger partial charge < -0.3 is 14.8 Å². The maximum atomic E-state index is 12.4. The summed E-state index contributed by atoms with van der Waals surface area (Å²) in [7, 11) is 0. The molecule has 0 saturated carbocycles. The van der Waals surface area contributed by atoms with Crippen LogP contribution in [0.2, 0.25) is 0 Å². The average molecular weight is 463 g/mol. The summed E-state index contributed by atoms with van der Waals surface area (Å²) in [5.74, 6) is 1.48. The van der Waals surface area contributed by atoms with Gasteiger partial charge in [0.1, 0.15) is 18.1 Å². The van der Waals surface area contributed by atoms with Crippen LogP contribution < -0.4 is 20.1 Å². The molecule has 0 aromatic heterocycles. The molecule has 1 amide bonds. The molecule has 2 rings (SSSR count). The first kappa shape index (κ1) is 21.9. The summed E-state index contributed by atoms with van der Waals surface area (Å²) in [6, 6.07) is 12.4. The van der Waals surface area contributed by atoms with E-state index >= 15 is 0 Å². The molecule has 2 N–H and O–H groups in total. The molecule has 0 bridgehead atoms. The summed E-state index contributed by atoms with van der Waals surface area (Å²) in [6.45, 7) is 8.78. The molecule has 0 aliphatic rings. The minimum atomic E-state index is -0.312. The van der Waals surface area contributed by atoms with E-state index in [9.17, 15) is 4.79 Å². The van der Waals surface area contributed by atoms with Gasteiger partial charge in [0.2, 0.25) is 0 Å². The number of hydrogen-bond acceptors (Lipinski definition) is 4. The van der Waals surface area contributed by atoms with E-state index < -0.39 is 0 Å². The molecule has 0 spiro atoms. The second kappa shape index (κ2) is 10.8. The summed E-state index contributed by atoms with van der Waals surface area (Å²) in [5.41, 5.74) is 1.18. The molecule has 0 atom stereocenters. The van der Waals surface area contributed by atoms with E-state index in [-0.39, 0.29) is 11.0 Å². The van der Waals surface area contributed by atoms with Crippen molar-refractivity contribution in [2.75, 3.05) is 18.5 Å². The highest BCUT2D eigenvalue weighted by atomic mass is 79.9. The van der Waals surface area contributed by atoms with E-state index in [1.807, 2.05) is 18.2 Å². The van der Waals surface area contributed by atoms with Crippen LogP contribution in [0.25, 0.3) is 0 Å². The fourth-order valence-corrected chi connectivity index (χ4v) is 2.88. The van der Waals surface area contributed by atoms with E-state index in [0.29, 0.717) is 46.4 Å². The Bertz CT molecular complexity index is 855. The normalized spacial score (nSPS) is 10.3. The third-order valence-corrected chi connectivity index (χ3v) is 4.28. The van der Waals surface area contributed by atoms with Gasteiger partial charge in [-0.05, 0) is 64.4 Å². The number of amides is 1. The second-order valence-electron chi connectivity index (χ2n) is 6.39. The zero-order valence-electron chi connectivity index (χ0n) is 15.8. The lowest BCUT2D eigenvalue weighted by atomic mass is 10.2. The number of carbonyl (C=O) groups excluding carboxylic acids is 1. The van der Waals surface area contributed by atoms with Gasteiger partial charge in [-0.25, -0.2) is 0 Å². The minimum Gasteiger partial charge on any atom is -0.492 e. The first-order valence-corrected chi connectivity index (χ1v) is 9.97. The van der Waals surface area contributed by atoms with E-state index in [4.69, 9.17) is 21.7 Å². The van der Waals surface area contributed by atoms with Crippen molar-refractivity contribution >= 4 is 44.9 Å². The highest BCUT2D eigenvalue weighted by Gasteiger charge is 2.11. The molecule has 0 aliphatic carbocycles. The van der Waals surface area contributed by atoms with Crippen LogP contribution >= 0.6 is 28.1 Å². The number of ether oxygens (including phenoxy) is 2. The molecule has 2 aromatic carbocycles. The van der Waals surface area contributed by atoms with Crippen LogP contribution in [0.3, 0.4) is 0 Å². The Morgan fingerprint density at radius 2 is 2.04 bits per heavy atom. The van der Waals surface area contributed by atoms with Gasteiger partial charge in [-0.2, -0.15) is 0 Å². The third-order valence-electron chi connectivity index (χ3n) is 3.45. The van der Waals surface area contributed by atoms with Gasteiger partial charge >= 0.3 is 0 Å². The van der Waals surface area contributed by atoms with E-state index in [1.54, 1.807) is 30.3 Å². The minimum absolute atomic E-state index is 0.196. The summed E-state index contributed by atoms with van der Waals surface area (Å²) in [4.78, 5) is 12.4. The fourth-order valence-electron chi connectivity index (χ4n) is 2.17. The van der Waals surface area contributed by atoms with Crippen molar-refractivity contribution in [3.63, 3.8) is 0 Å². The smallest absolute Gasteiger partial charge is 0.257 e. The number of hydrogen-bond donors (Lipinski definition) is 2. The van der Waals surface area contributed by atoms with Crippen LogP contribution in [-0.4, -0.2) is 24.2 Å². The van der Waals surface area contributed by atoms with Crippen molar-refractivity contribution in [1.29, 1.82) is 0 Å². The summed E-state index contributed by atoms with van der Waals surface area (Å²) in [5, 5.41) is 5.84. The van der Waals surface area contributed by atoms with Crippen LogP contribution in [0, 0.1) is 5.92 Å². The summed E-state index contributed by atoms with van der Waals surface area (Å²) >= 11 is 8.68. The van der Waals surface area contributed by atoms with Gasteiger partial charge in [-0.3, -0.25) is 10.1 Å². The van der Waals surface area contributed by atoms with Gasteiger partial charge in [0.05, 0.1) is 11.1 Å². The molecule has 2 aromatic rings. The Morgan fingerprint density at radius 3 is 2.71 bits per heavy atom. The molecular formula is C21H23BrN2O3S. The summed E-state index contributed by atoms with van der Waals surface area (Å²) in [6.07, 6.45) is 1.67. The van der Waals surface area contributed by atoms with Crippen molar-refractivity contribution in [3.8, 4) is 11.5 Å². The highest BCUT2D eigenvalue weighted by Crippen LogP contribution is 2.26. The number of thiocarbonyl (C=S) groups is 1. The van der Waals surface area contributed by atoms with Gasteiger partial charge in [-0.1, -0.05) is 32.6 Å². The molecule has 0 fully saturated rings. The van der Waals surface area contributed by atoms with Crippen LogP contribution in [0.15, 0.2) is 59.6 Å². The average Bonchev–Trinajstić information content (AvgIpc) is 2.65. The lowest BCUT2D eigenvalue weighted by molar-refractivity contribution is 0.0977. The molecule has 28 heavy (non-hydrogen) atoms. The van der Waals surface area contributed by atoms with Gasteiger partial charge in [0, 0.05) is 17.3 Å². The number of anilines is 1. The van der Waals surface area contributed by atoms with Gasteiger partial charge in [-0.15, -0.1) is 0 Å². The van der Waals surface area contributed by atoms with Crippen molar-refractivity contribution in [1.82, 2.24) is 5.32 Å². The first-order valence-electron chi connectivity index (χ1n) is 8.77. The maximum absolute atomic E-state index is 12.4. The molecule has 0 radical (unpaired) electrons. The molecule has 0 unspecified atom stereocenters. The van der Waals surface area contributed by atoms with Crippen LogP contribution in [0.1, 0.15) is 24.2 Å². The number of nitrogens with one attached hydrogen (secondary N) is 2. The molecule has 0 aliphatic heterocycles. The van der Waals surface area contributed by atoms with E-state index in [1.165, 1.54) is 0 Å². The van der Waals surface area contributed by atoms with Crippen molar-refractivity contribution < 1.29 is 14.3 Å². The first-order chi connectivity index (χ1) is 13.4. The quantitative estimate of drug-likeness (QED) is 0.418. The standard InChI is InChI=1S/C21H23BrN2O3S/c1-4-10-26-17-7-5-6-16(12-17)23-21(28)24-20(25)15-8-9-19(18(22)11-15)27-13-14(2)3/h4-9,11-12,14H,1,10,13H2,2-3H3,(H2,23,24,25,28). The van der Waals surface area contributed by atoms with E-state index in [2.05, 4.69) is 47.0 Å². The monoisotopic (exact) mass is 462 g/mol. The second-order valence-corrected chi connectivity index (χ2v) is 7.65. The molecule has 0 heterocycles. The topological polar surface area (TPSA) is 59.6 Å². The Labute approximate surface area is 179 Å². The largest absolute Gasteiger partial charge is 0.492 e. The highest BCUT2D eigenvalue weighted by molar-refractivity contribution is 9.10. The zero-order valence-corrected chi connectivity index (χ0v) is 18.2. The van der Waals surface area contributed by atoms with Crippen LogP contribution in [-0.2, 0) is 0 Å². The van der Waals surface area contributed by atoms with Gasteiger partial charge in [0.25, 0.3) is 5.91 Å².